The molecule has 110 valence electrons. The van der Waals surface area contributed by atoms with Crippen molar-refractivity contribution in [2.24, 2.45) is 0 Å². The van der Waals surface area contributed by atoms with Crippen molar-refractivity contribution in [3.8, 4) is 0 Å². The monoisotopic (exact) mass is 285 g/mol. The molecule has 1 aromatic carbocycles. The predicted molar refractivity (Wildman–Crippen MR) is 80.1 cm³/mol. The Hall–Kier alpha value is -2.27. The van der Waals surface area contributed by atoms with Crippen molar-refractivity contribution >= 4 is 5.97 Å². The van der Waals surface area contributed by atoms with Crippen LogP contribution in [0.15, 0.2) is 36.7 Å². The second-order valence-electron chi connectivity index (χ2n) is 5.12. The van der Waals surface area contributed by atoms with Gasteiger partial charge in [0.1, 0.15) is 0 Å². The molecule has 2 aromatic rings. The van der Waals surface area contributed by atoms with Gasteiger partial charge in [0, 0.05) is 18.9 Å². The van der Waals surface area contributed by atoms with Gasteiger partial charge in [-0.05, 0) is 38.6 Å². The van der Waals surface area contributed by atoms with E-state index in [1.54, 1.807) is 24.5 Å². The van der Waals surface area contributed by atoms with Crippen LogP contribution in [0.2, 0.25) is 0 Å². The number of benzene rings is 1. The largest absolute Gasteiger partial charge is 0.478 e. The van der Waals surface area contributed by atoms with E-state index in [-0.39, 0.29) is 6.04 Å². The number of hydrogen-bond acceptors (Lipinski definition) is 4. The molecule has 0 radical (unpaired) electrons. The van der Waals surface area contributed by atoms with Crippen molar-refractivity contribution in [3.63, 3.8) is 0 Å². The number of carboxylic acid groups (broad SMARTS) is 1. The third-order valence-corrected chi connectivity index (χ3v) is 3.61. The van der Waals surface area contributed by atoms with Gasteiger partial charge in [-0.25, -0.2) is 4.79 Å². The number of aromatic nitrogens is 2. The molecule has 0 aliphatic heterocycles. The number of rotatable bonds is 5. The Kier molecular flexibility index (Phi) is 4.65. The second-order valence-corrected chi connectivity index (χ2v) is 5.12. The zero-order chi connectivity index (χ0) is 15.4. The van der Waals surface area contributed by atoms with Crippen LogP contribution in [-0.2, 0) is 6.54 Å². The minimum absolute atomic E-state index is 0.137. The zero-order valence-corrected chi connectivity index (χ0v) is 12.4. The van der Waals surface area contributed by atoms with Crippen LogP contribution in [0.1, 0.15) is 40.3 Å². The molecule has 0 fully saturated rings. The van der Waals surface area contributed by atoms with Crippen LogP contribution in [0.3, 0.4) is 0 Å². The van der Waals surface area contributed by atoms with Gasteiger partial charge in [-0.3, -0.25) is 14.9 Å². The van der Waals surface area contributed by atoms with Crippen molar-refractivity contribution in [3.05, 3.63) is 59.2 Å². The Balaban J connectivity index is 2.08. The third kappa shape index (κ3) is 3.64. The smallest absolute Gasteiger partial charge is 0.335 e. The van der Waals surface area contributed by atoms with Gasteiger partial charge in [0.15, 0.2) is 0 Å². The molecule has 5 nitrogen and oxygen atoms in total. The summed E-state index contributed by atoms with van der Waals surface area (Å²) in [5.41, 5.74) is 3.26. The first kappa shape index (κ1) is 15.1. The van der Waals surface area contributed by atoms with E-state index in [2.05, 4.69) is 21.8 Å². The average Bonchev–Trinajstić information content (AvgIpc) is 2.47. The lowest BCUT2D eigenvalue weighted by Gasteiger charge is -2.25. The Bertz CT molecular complexity index is 626. The van der Waals surface area contributed by atoms with Crippen LogP contribution in [0.4, 0.5) is 0 Å². The Labute approximate surface area is 124 Å². The molecule has 0 amide bonds. The minimum atomic E-state index is -0.904. The van der Waals surface area contributed by atoms with Gasteiger partial charge in [-0.2, -0.15) is 0 Å². The van der Waals surface area contributed by atoms with Crippen molar-refractivity contribution in [2.45, 2.75) is 26.4 Å². The maximum atomic E-state index is 10.8. The molecular weight excluding hydrogens is 266 g/mol. The highest BCUT2D eigenvalue weighted by Crippen LogP contribution is 2.20. The fraction of sp³-hybridized carbons (Fsp3) is 0.312. The van der Waals surface area contributed by atoms with Gasteiger partial charge < -0.3 is 5.11 Å². The molecular formula is C16H19N3O2. The summed E-state index contributed by atoms with van der Waals surface area (Å²) in [5, 5.41) is 8.90. The molecule has 1 aromatic heterocycles. The summed E-state index contributed by atoms with van der Waals surface area (Å²) in [6, 6.07) is 7.08. The van der Waals surface area contributed by atoms with Crippen LogP contribution in [-0.4, -0.2) is 33.0 Å². The molecule has 0 saturated carbocycles. The standard InChI is InChI=1S/C16H19N3O2/c1-11-15(18-9-8-17-11)12(2)19(3)10-13-4-6-14(7-5-13)16(20)21/h4-9,12H,10H2,1-3H3,(H,20,21). The van der Waals surface area contributed by atoms with Crippen molar-refractivity contribution in [1.82, 2.24) is 14.9 Å². The predicted octanol–water partition coefficient (Wildman–Crippen LogP) is 2.68. The maximum absolute atomic E-state index is 10.8. The minimum Gasteiger partial charge on any atom is -0.478 e. The fourth-order valence-corrected chi connectivity index (χ4v) is 2.21. The van der Waals surface area contributed by atoms with Crippen LogP contribution in [0.25, 0.3) is 0 Å². The number of hydrogen-bond donors (Lipinski definition) is 1. The van der Waals surface area contributed by atoms with Gasteiger partial charge in [0.05, 0.1) is 23.0 Å². The SMILES string of the molecule is Cc1nccnc1C(C)N(C)Cc1ccc(C(=O)O)cc1. The van der Waals surface area contributed by atoms with E-state index in [9.17, 15) is 4.79 Å². The molecule has 0 aliphatic rings. The van der Waals surface area contributed by atoms with Gasteiger partial charge in [0.2, 0.25) is 0 Å². The first-order valence-corrected chi connectivity index (χ1v) is 6.79. The van der Waals surface area contributed by atoms with E-state index in [1.165, 1.54) is 0 Å². The van der Waals surface area contributed by atoms with Crippen LogP contribution in [0.5, 0.6) is 0 Å². The lowest BCUT2D eigenvalue weighted by molar-refractivity contribution is 0.0697. The van der Waals surface area contributed by atoms with E-state index in [1.807, 2.05) is 26.1 Å². The molecule has 1 unspecified atom stereocenters. The fourth-order valence-electron chi connectivity index (χ4n) is 2.21. The van der Waals surface area contributed by atoms with Crippen LogP contribution in [0, 0.1) is 6.92 Å². The Morgan fingerprint density at radius 2 is 1.86 bits per heavy atom. The number of carbonyl (C=O) groups is 1. The molecule has 0 aliphatic carbocycles. The van der Waals surface area contributed by atoms with E-state index in [0.29, 0.717) is 5.56 Å². The van der Waals surface area contributed by atoms with Crippen molar-refractivity contribution in [2.75, 3.05) is 7.05 Å². The number of aromatic carboxylic acids is 1. The number of nitrogens with zero attached hydrogens (tertiary/aromatic N) is 3. The topological polar surface area (TPSA) is 66.3 Å². The molecule has 1 atom stereocenters. The molecule has 1 heterocycles. The summed E-state index contributed by atoms with van der Waals surface area (Å²) in [6.07, 6.45) is 3.39. The highest BCUT2D eigenvalue weighted by molar-refractivity contribution is 5.87. The number of carboxylic acids is 1. The summed E-state index contributed by atoms with van der Waals surface area (Å²) >= 11 is 0. The summed E-state index contributed by atoms with van der Waals surface area (Å²) in [7, 11) is 2.02. The van der Waals surface area contributed by atoms with Gasteiger partial charge >= 0.3 is 5.97 Å². The lowest BCUT2D eigenvalue weighted by atomic mass is 10.1. The first-order chi connectivity index (χ1) is 9.99. The highest BCUT2D eigenvalue weighted by Gasteiger charge is 2.16. The molecule has 2 rings (SSSR count). The van der Waals surface area contributed by atoms with E-state index < -0.39 is 5.97 Å². The van der Waals surface area contributed by atoms with Crippen LogP contribution >= 0.6 is 0 Å². The highest BCUT2D eigenvalue weighted by atomic mass is 16.4. The molecule has 5 heteroatoms. The Morgan fingerprint density at radius 1 is 1.24 bits per heavy atom. The zero-order valence-electron chi connectivity index (χ0n) is 12.4. The van der Waals surface area contributed by atoms with E-state index >= 15 is 0 Å². The molecule has 0 saturated heterocycles. The summed E-state index contributed by atoms with van der Waals surface area (Å²) in [6.45, 7) is 4.76. The molecule has 21 heavy (non-hydrogen) atoms. The second kappa shape index (κ2) is 6.45. The van der Waals surface area contributed by atoms with Gasteiger partial charge in [0.25, 0.3) is 0 Å². The maximum Gasteiger partial charge on any atom is 0.335 e. The quantitative estimate of drug-likeness (QED) is 0.915. The van der Waals surface area contributed by atoms with Gasteiger partial charge in [-0.15, -0.1) is 0 Å². The summed E-state index contributed by atoms with van der Waals surface area (Å²) in [5.74, 6) is -0.904. The van der Waals surface area contributed by atoms with E-state index in [4.69, 9.17) is 5.11 Å². The molecule has 1 N–H and O–H groups in total. The van der Waals surface area contributed by atoms with Crippen molar-refractivity contribution < 1.29 is 9.90 Å². The average molecular weight is 285 g/mol. The number of aryl methyl sites for hydroxylation is 1. The van der Waals surface area contributed by atoms with E-state index in [0.717, 1.165) is 23.5 Å². The lowest BCUT2D eigenvalue weighted by Crippen LogP contribution is -2.23. The first-order valence-electron chi connectivity index (χ1n) is 6.79. The molecule has 0 bridgehead atoms. The Morgan fingerprint density at radius 3 is 2.43 bits per heavy atom. The van der Waals surface area contributed by atoms with Crippen molar-refractivity contribution in [1.29, 1.82) is 0 Å². The van der Waals surface area contributed by atoms with Crippen LogP contribution < -0.4 is 0 Å². The normalized spacial score (nSPS) is 12.4. The third-order valence-electron chi connectivity index (χ3n) is 3.61. The van der Waals surface area contributed by atoms with Gasteiger partial charge in [-0.1, -0.05) is 12.1 Å². The summed E-state index contributed by atoms with van der Waals surface area (Å²) < 4.78 is 0. The molecule has 0 spiro atoms. The summed E-state index contributed by atoms with van der Waals surface area (Å²) in [4.78, 5) is 21.7.